The van der Waals surface area contributed by atoms with Crippen LogP contribution >= 0.6 is 0 Å². The highest BCUT2D eigenvalue weighted by Gasteiger charge is 2.16. The Balaban J connectivity index is 1.71. The Hall–Kier alpha value is -3.48. The molecule has 0 unspecified atom stereocenters. The molecule has 0 saturated heterocycles. The van der Waals surface area contributed by atoms with Crippen LogP contribution in [0.3, 0.4) is 0 Å². The Labute approximate surface area is 164 Å². The number of benzene rings is 1. The molecule has 0 radical (unpaired) electrons. The van der Waals surface area contributed by atoms with E-state index in [-0.39, 0.29) is 23.6 Å². The van der Waals surface area contributed by atoms with Crippen molar-refractivity contribution in [3.05, 3.63) is 60.2 Å². The van der Waals surface area contributed by atoms with Crippen molar-refractivity contribution in [1.82, 2.24) is 19.7 Å². The summed E-state index contributed by atoms with van der Waals surface area (Å²) in [6.07, 6.45) is 4.65. The number of nitrogens with zero attached hydrogens (tertiary/aromatic N) is 4. The maximum absolute atomic E-state index is 11.6. The summed E-state index contributed by atoms with van der Waals surface area (Å²) in [6.45, 7) is -5.70. The van der Waals surface area contributed by atoms with Crippen molar-refractivity contribution in [2.45, 2.75) is 26.4 Å². The second kappa shape index (κ2) is 7.03. The van der Waals surface area contributed by atoms with E-state index in [1.54, 1.807) is 24.3 Å². The minimum absolute atomic E-state index is 0.0406. The molecule has 0 aliphatic rings. The van der Waals surface area contributed by atoms with E-state index in [4.69, 9.17) is 17.4 Å². The van der Waals surface area contributed by atoms with Gasteiger partial charge in [0.1, 0.15) is 23.4 Å². The third-order valence-electron chi connectivity index (χ3n) is 4.05. The van der Waals surface area contributed by atoms with Crippen LogP contribution in [0.5, 0.6) is 5.75 Å². The molecule has 0 bridgehead atoms. The van der Waals surface area contributed by atoms with Crippen molar-refractivity contribution in [3.8, 4) is 17.1 Å². The van der Waals surface area contributed by atoms with Crippen LogP contribution in [0.1, 0.15) is 43.9 Å². The number of aromatic nitrogens is 4. The number of rotatable bonds is 6. The van der Waals surface area contributed by atoms with Crippen LogP contribution in [0, 0.1) is 0 Å². The van der Waals surface area contributed by atoms with Gasteiger partial charge < -0.3 is 9.15 Å². The lowest BCUT2D eigenvalue weighted by atomic mass is 10.1. The van der Waals surface area contributed by atoms with Gasteiger partial charge in [0.15, 0.2) is 18.3 Å². The molecule has 7 heteroatoms. The molecule has 27 heavy (non-hydrogen) atoms. The van der Waals surface area contributed by atoms with E-state index in [1.165, 1.54) is 24.9 Å². The standard InChI is InChI=1S/C20H18N4O3/c1-13(2)24-17(7-9-23-24)19-14(4-3-8-21-19)11-26-18-6-5-16-20(15(18)10-25)27-12-22-16/h3-10,12-13H,11H2,1-2H3/i1D3,2D3. The molecule has 0 N–H and O–H groups in total. The predicted molar refractivity (Wildman–Crippen MR) is 99.6 cm³/mol. The first-order valence-electron chi connectivity index (χ1n) is 11.0. The summed E-state index contributed by atoms with van der Waals surface area (Å²) in [5, 5.41) is 3.99. The lowest BCUT2D eigenvalue weighted by molar-refractivity contribution is 0.111. The molecule has 0 amide bonds. The Kier molecular flexibility index (Phi) is 2.94. The van der Waals surface area contributed by atoms with E-state index >= 15 is 0 Å². The van der Waals surface area contributed by atoms with Gasteiger partial charge in [-0.25, -0.2) is 4.98 Å². The topological polar surface area (TPSA) is 83.0 Å². The number of pyridine rings is 1. The van der Waals surface area contributed by atoms with Crippen LogP contribution in [0.25, 0.3) is 22.5 Å². The summed E-state index contributed by atoms with van der Waals surface area (Å²) in [6, 6.07) is 6.24. The Bertz CT molecular complexity index is 1280. The number of aldehydes is 1. The summed E-state index contributed by atoms with van der Waals surface area (Å²) in [5.41, 5.74) is 2.06. The summed E-state index contributed by atoms with van der Waals surface area (Å²) in [7, 11) is 0. The molecule has 3 aromatic heterocycles. The lowest BCUT2D eigenvalue weighted by Gasteiger charge is -2.14. The molecule has 136 valence electrons. The maximum Gasteiger partial charge on any atom is 0.182 e. The van der Waals surface area contributed by atoms with Crippen molar-refractivity contribution in [2.24, 2.45) is 0 Å². The molecule has 7 nitrogen and oxygen atoms in total. The highest BCUT2D eigenvalue weighted by molar-refractivity contribution is 5.96. The van der Waals surface area contributed by atoms with Crippen molar-refractivity contribution < 1.29 is 22.2 Å². The largest absolute Gasteiger partial charge is 0.488 e. The van der Waals surface area contributed by atoms with Crippen LogP contribution in [0.4, 0.5) is 0 Å². The predicted octanol–water partition coefficient (Wildman–Crippen LogP) is 4.06. The number of hydrogen-bond acceptors (Lipinski definition) is 6. The highest BCUT2D eigenvalue weighted by atomic mass is 16.5. The molecule has 0 saturated carbocycles. The van der Waals surface area contributed by atoms with Gasteiger partial charge >= 0.3 is 0 Å². The van der Waals surface area contributed by atoms with Gasteiger partial charge in [-0.3, -0.25) is 14.5 Å². The number of hydrogen-bond donors (Lipinski definition) is 0. The van der Waals surface area contributed by atoms with Gasteiger partial charge in [0.2, 0.25) is 0 Å². The molecule has 4 aromatic rings. The minimum Gasteiger partial charge on any atom is -0.488 e. The molecular formula is C20H18N4O3. The Morgan fingerprint density at radius 1 is 1.26 bits per heavy atom. The SMILES string of the molecule is [2H]C([2H])([2H])C(n1nccc1-c1ncccc1COc1ccc2ncoc2c1C=O)C([2H])([2H])[2H]. The monoisotopic (exact) mass is 368 g/mol. The normalized spacial score (nSPS) is 15.4. The first-order chi connectivity index (χ1) is 15.6. The molecule has 1 aromatic carbocycles. The van der Waals surface area contributed by atoms with Gasteiger partial charge in [0, 0.05) is 32.2 Å². The first-order valence-corrected chi connectivity index (χ1v) is 8.03. The average Bonchev–Trinajstić information content (AvgIpc) is 3.39. The zero-order chi connectivity index (χ0) is 23.8. The highest BCUT2D eigenvalue weighted by Crippen LogP contribution is 2.28. The molecular weight excluding hydrogens is 344 g/mol. The lowest BCUT2D eigenvalue weighted by Crippen LogP contribution is -2.08. The van der Waals surface area contributed by atoms with Gasteiger partial charge in [-0.1, -0.05) is 6.07 Å². The molecule has 4 rings (SSSR count). The minimum atomic E-state index is -2.83. The molecule has 0 aliphatic heterocycles. The fourth-order valence-electron chi connectivity index (χ4n) is 2.82. The summed E-state index contributed by atoms with van der Waals surface area (Å²) in [4.78, 5) is 19.9. The third kappa shape index (κ3) is 3.08. The maximum atomic E-state index is 11.6. The smallest absolute Gasteiger partial charge is 0.182 e. The second-order valence-electron chi connectivity index (χ2n) is 5.66. The van der Waals surface area contributed by atoms with Gasteiger partial charge in [0.05, 0.1) is 11.4 Å². The second-order valence-corrected chi connectivity index (χ2v) is 5.66. The van der Waals surface area contributed by atoms with Crippen LogP contribution in [0.15, 0.2) is 53.5 Å². The van der Waals surface area contributed by atoms with Gasteiger partial charge in [-0.2, -0.15) is 5.10 Å². The molecule has 0 spiro atoms. The van der Waals surface area contributed by atoms with Crippen LogP contribution in [-0.4, -0.2) is 26.0 Å². The van der Waals surface area contributed by atoms with Gasteiger partial charge in [-0.05, 0) is 38.0 Å². The first kappa shape index (κ1) is 11.3. The van der Waals surface area contributed by atoms with Crippen LogP contribution in [-0.2, 0) is 6.61 Å². The molecule has 0 atom stereocenters. The molecule has 3 heterocycles. The zero-order valence-electron chi connectivity index (χ0n) is 20.0. The summed E-state index contributed by atoms with van der Waals surface area (Å²) < 4.78 is 58.6. The van der Waals surface area contributed by atoms with Gasteiger partial charge in [-0.15, -0.1) is 0 Å². The quantitative estimate of drug-likeness (QED) is 0.477. The van der Waals surface area contributed by atoms with Crippen LogP contribution in [0.2, 0.25) is 0 Å². The molecule has 0 fully saturated rings. The van der Waals surface area contributed by atoms with E-state index in [0.717, 1.165) is 4.68 Å². The number of fused-ring (bicyclic) bond motifs is 1. The van der Waals surface area contributed by atoms with E-state index in [0.29, 0.717) is 28.6 Å². The van der Waals surface area contributed by atoms with Crippen molar-refractivity contribution >= 4 is 17.4 Å². The van der Waals surface area contributed by atoms with Crippen molar-refractivity contribution in [3.63, 3.8) is 0 Å². The molecule has 0 aliphatic carbocycles. The zero-order valence-corrected chi connectivity index (χ0v) is 14.0. The number of carbonyl (C=O) groups excluding carboxylic acids is 1. The third-order valence-corrected chi connectivity index (χ3v) is 4.05. The Morgan fingerprint density at radius 3 is 3.04 bits per heavy atom. The summed E-state index contributed by atoms with van der Waals surface area (Å²) >= 11 is 0. The Morgan fingerprint density at radius 2 is 2.19 bits per heavy atom. The van der Waals surface area contributed by atoms with E-state index in [2.05, 4.69) is 15.1 Å². The van der Waals surface area contributed by atoms with Crippen molar-refractivity contribution in [1.29, 1.82) is 0 Å². The summed E-state index contributed by atoms with van der Waals surface area (Å²) in [5.74, 6) is 0.264. The number of oxazole rings is 1. The van der Waals surface area contributed by atoms with Gasteiger partial charge in [0.25, 0.3) is 0 Å². The van der Waals surface area contributed by atoms with Crippen molar-refractivity contribution in [2.75, 3.05) is 0 Å². The average molecular weight is 368 g/mol. The number of carbonyl (C=O) groups is 1. The van der Waals surface area contributed by atoms with E-state index in [1.807, 2.05) is 0 Å². The van der Waals surface area contributed by atoms with Crippen LogP contribution < -0.4 is 4.74 Å². The van der Waals surface area contributed by atoms with E-state index in [9.17, 15) is 4.79 Å². The fourth-order valence-corrected chi connectivity index (χ4v) is 2.82. The number of ether oxygens (including phenoxy) is 1. The van der Waals surface area contributed by atoms with E-state index < -0.39 is 19.7 Å². The fraction of sp³-hybridized carbons (Fsp3) is 0.200.